The third kappa shape index (κ3) is 48.5. The first-order chi connectivity index (χ1) is 72.8. The van der Waals surface area contributed by atoms with Crippen molar-refractivity contribution in [2.24, 2.45) is 25.2 Å². The van der Waals surface area contributed by atoms with Crippen LogP contribution in [-0.2, 0) is 62.8 Å². The van der Waals surface area contributed by atoms with Crippen LogP contribution in [0.4, 0.5) is 17.1 Å². The van der Waals surface area contributed by atoms with Gasteiger partial charge in [0.1, 0.15) is 33.9 Å². The van der Waals surface area contributed by atoms with Crippen molar-refractivity contribution in [3.63, 3.8) is 0 Å². The number of aromatic nitrogens is 3. The molecule has 13 aromatic carbocycles. The van der Waals surface area contributed by atoms with E-state index in [2.05, 4.69) is 125 Å². The van der Waals surface area contributed by atoms with Gasteiger partial charge in [-0.1, -0.05) is 423 Å². The van der Waals surface area contributed by atoms with E-state index in [9.17, 15) is 9.59 Å². The molecule has 7 aliphatic heterocycles. The fourth-order valence-corrected chi connectivity index (χ4v) is 14.1. The Balaban J connectivity index is 0.000000781. The predicted octanol–water partition coefficient (Wildman–Crippen LogP) is 38.3. The maximum Gasteiger partial charge on any atom is 0.336 e. The minimum Gasteiger partial charge on any atom is -0.493 e. The number of carbonyl (C=O) groups excluding carboxylic acids is 1. The summed E-state index contributed by atoms with van der Waals surface area (Å²) in [6, 6.07) is 114. The number of azo groups is 1. The Morgan fingerprint density at radius 1 is 0.299 bits per heavy atom. The summed E-state index contributed by atoms with van der Waals surface area (Å²) in [5.41, 5.74) is 23.7. The SMILES string of the molecule is C1=NCc2ccccc21.C1=Nc2ccccc2C1.C1=Nc2ccccc2C1.CC.CC.CC.CC.CC.CC.CC.CC.CC.CC.CC.CC.CC.O=C1Cc2ccccc2O1.O=c1ccc2ccccc2o1.c1ccc2c(c1)CCC2.c1ccc2c(c1)CCO2.c1ccc2c(c1)CCO2.c1ccc2c(c1)CN=N2.c1ccc2ncccc2c1.c1ccc2occc2c1.c1ccc2ocnc2c1.c1ccc2scnc2c1. The fraction of sp³-hybridized carbons (Fsp3) is 0.292. The summed E-state index contributed by atoms with van der Waals surface area (Å²) in [4.78, 5) is 46.1. The molecule has 0 saturated heterocycles. The van der Waals surface area contributed by atoms with Crippen molar-refractivity contribution in [1.29, 1.82) is 0 Å². The summed E-state index contributed by atoms with van der Waals surface area (Å²) in [7, 11) is 0. The molecule has 16 nitrogen and oxygen atoms in total. The second-order valence-electron chi connectivity index (χ2n) is 27.9. The van der Waals surface area contributed by atoms with Gasteiger partial charge in [0, 0.05) is 83.9 Å². The van der Waals surface area contributed by atoms with E-state index in [0.717, 1.165) is 125 Å². The van der Waals surface area contributed by atoms with Crippen LogP contribution < -0.4 is 19.8 Å². The van der Waals surface area contributed by atoms with E-state index in [4.69, 9.17) is 27.5 Å². The first-order valence-corrected chi connectivity index (χ1v) is 54.0. The number of aliphatic imine (C=N–C) groups is 3. The summed E-state index contributed by atoms with van der Waals surface area (Å²) < 4.78 is 31.8. The molecule has 0 atom stereocenters. The number of para-hydroxylation sites is 11. The number of fused-ring (bicyclic) bond motifs is 13. The molecule has 5 aromatic heterocycles. The minimum absolute atomic E-state index is 0.152. The van der Waals surface area contributed by atoms with E-state index in [1.165, 1.54) is 80.8 Å². The summed E-state index contributed by atoms with van der Waals surface area (Å²) in [6.07, 6.45) is 19.4. The standard InChI is InChI=1S/C9H7N.C9H6O2.C9H10.3C8H7N.C8H6O2.2C8H8O.C8H6O.C7H6N2.C7H5NO.C7H5NS.13C2H6/c1-2-6-9-8(4-1)5-3-7-10-9;10-9-6-5-7-3-1-2-4-8(7)11-9;1-2-5-9-7-3-6-8(9)4-1;1-2-4-8-6-9-5-7(8)3-1;2*1-2-4-8-7(3-1)5-6-9-8;9-8-5-6-3-1-2-4-7(6)10-8;3*1-2-4-8-7(3-1)5-6-9-8;1-2-4-7-6(3-1)5-8-9-7;2*1-2-4-7-6(3-1)8-5-9-7;13*1-2/h1-7H;1-6H;1-2,4-5H,3,6-7H2;1-5H,6H2;2*1-4,6H,5H2;1-4H,5H2;2*1-4H,5-6H2;1-6H;1-4H,5H2;2*1-5H;13*1-2H3. The quantitative estimate of drug-likeness (QED) is 0.0794. The number of thiazole rings is 1. The van der Waals surface area contributed by atoms with Gasteiger partial charge in [-0.15, -0.1) is 11.3 Å². The van der Waals surface area contributed by atoms with Crippen LogP contribution in [0.5, 0.6) is 17.2 Å². The number of hydrogen-bond donors (Lipinski definition) is 0. The predicted molar refractivity (Wildman–Crippen MR) is 636 cm³/mol. The number of aryl methyl sites for hydroxylation is 2. The van der Waals surface area contributed by atoms with Crippen LogP contribution in [0.25, 0.3) is 54.2 Å². The van der Waals surface area contributed by atoms with Crippen LogP contribution >= 0.6 is 11.3 Å². The molecule has 0 radical (unpaired) electrons. The molecule has 0 N–H and O–H groups in total. The zero-order chi connectivity index (χ0) is 109. The molecule has 0 amide bonds. The largest absolute Gasteiger partial charge is 0.493 e. The number of ether oxygens (including phenoxy) is 3. The van der Waals surface area contributed by atoms with Gasteiger partial charge in [-0.05, 0) is 161 Å². The Morgan fingerprint density at radius 2 is 0.721 bits per heavy atom. The van der Waals surface area contributed by atoms with E-state index in [1.807, 2.05) is 447 Å². The third-order valence-corrected chi connectivity index (χ3v) is 20.5. The van der Waals surface area contributed by atoms with Gasteiger partial charge < -0.3 is 27.5 Å². The number of pyridine rings is 1. The molecule has 0 spiro atoms. The van der Waals surface area contributed by atoms with Crippen LogP contribution in [0.1, 0.15) is 242 Å². The van der Waals surface area contributed by atoms with Gasteiger partial charge in [0.2, 0.25) is 0 Å². The van der Waals surface area contributed by atoms with Crippen LogP contribution in [0.15, 0.2) is 413 Å². The molecule has 0 unspecified atom stereocenters. The number of furan rings is 1. The Morgan fingerprint density at radius 3 is 1.22 bits per heavy atom. The highest BCUT2D eigenvalue weighted by Crippen LogP contribution is 2.30. The Labute approximate surface area is 884 Å². The maximum absolute atomic E-state index is 10.7. The second kappa shape index (κ2) is 86.5. The molecule has 1 aliphatic carbocycles. The minimum atomic E-state index is -0.302. The Hall–Kier alpha value is -14.9. The van der Waals surface area contributed by atoms with E-state index < -0.39 is 0 Å². The number of carbonyl (C=O) groups is 1. The lowest BCUT2D eigenvalue weighted by Crippen LogP contribution is -1.99. The summed E-state index contributed by atoms with van der Waals surface area (Å²) in [6.45, 7) is 55.4. The van der Waals surface area contributed by atoms with E-state index in [1.54, 1.807) is 46.9 Å². The highest BCUT2D eigenvalue weighted by Gasteiger charge is 2.19. The van der Waals surface area contributed by atoms with Crippen molar-refractivity contribution in [3.05, 3.63) is 436 Å². The van der Waals surface area contributed by atoms with Gasteiger partial charge >= 0.3 is 11.6 Å². The van der Waals surface area contributed by atoms with Crippen LogP contribution in [0.3, 0.4) is 0 Å². The third-order valence-electron chi connectivity index (χ3n) is 19.6. The fourth-order valence-electron chi connectivity index (χ4n) is 13.4. The highest BCUT2D eigenvalue weighted by atomic mass is 32.1. The molecule has 17 heteroatoms. The molecule has 8 aliphatic rings. The van der Waals surface area contributed by atoms with Gasteiger partial charge in [0.05, 0.1) is 77.3 Å². The van der Waals surface area contributed by atoms with Gasteiger partial charge in [-0.25, -0.2) is 14.8 Å². The number of hydrogen-bond acceptors (Lipinski definition) is 17. The maximum atomic E-state index is 10.7. The summed E-state index contributed by atoms with van der Waals surface area (Å²) in [5.74, 6) is 2.70. The first-order valence-electron chi connectivity index (χ1n) is 53.1. The topological polar surface area (TPSA) is 202 Å². The smallest absolute Gasteiger partial charge is 0.336 e. The lowest BCUT2D eigenvalue weighted by Gasteiger charge is -1.93. The average molecular weight is 2000 g/mol. The van der Waals surface area contributed by atoms with Gasteiger partial charge in [0.15, 0.2) is 12.0 Å². The number of rotatable bonds is 0. The zero-order valence-corrected chi connectivity index (χ0v) is 93.5. The number of benzene rings is 13. The van der Waals surface area contributed by atoms with E-state index in [0.29, 0.717) is 17.8 Å². The molecule has 780 valence electrons. The molecule has 0 bridgehead atoms. The molecule has 18 aromatic rings. The van der Waals surface area contributed by atoms with Crippen molar-refractivity contribution in [2.45, 2.75) is 244 Å². The molecule has 0 saturated carbocycles. The monoisotopic (exact) mass is 2000 g/mol. The second-order valence-corrected chi connectivity index (χ2v) is 28.8. The molecular weight excluding hydrogens is 1830 g/mol. The molecule has 26 rings (SSSR count). The highest BCUT2D eigenvalue weighted by molar-refractivity contribution is 7.16. The number of oxazole rings is 1. The first kappa shape index (κ1) is 130. The molecular formula is C130H166N8O8S. The van der Waals surface area contributed by atoms with Gasteiger partial charge in [-0.2, -0.15) is 10.2 Å². The lowest BCUT2D eigenvalue weighted by molar-refractivity contribution is -0.131. The van der Waals surface area contributed by atoms with Crippen molar-refractivity contribution < 1.29 is 32.3 Å². The van der Waals surface area contributed by atoms with Gasteiger partial charge in [-0.3, -0.25) is 24.8 Å². The lowest BCUT2D eigenvalue weighted by atomic mass is 10.1. The molecule has 0 fully saturated rings. The van der Waals surface area contributed by atoms with Crippen LogP contribution in [-0.4, -0.2) is 52.8 Å². The average Bonchev–Trinajstić information content (AvgIpc) is 1.78. The number of nitrogens with zero attached hydrogens (tertiary/aromatic N) is 8. The van der Waals surface area contributed by atoms with E-state index >= 15 is 0 Å². The Kier molecular flexibility index (Phi) is 76.6. The summed E-state index contributed by atoms with van der Waals surface area (Å²) >= 11 is 1.68. The number of esters is 1. The summed E-state index contributed by atoms with van der Waals surface area (Å²) in [5, 5.41) is 11.1. The zero-order valence-electron chi connectivity index (χ0n) is 92.7. The van der Waals surface area contributed by atoms with Crippen molar-refractivity contribution in [2.75, 3.05) is 13.2 Å². The van der Waals surface area contributed by atoms with E-state index in [-0.39, 0.29) is 11.6 Å². The van der Waals surface area contributed by atoms with Gasteiger partial charge in [0.25, 0.3) is 0 Å². The Bertz CT molecular complexity index is 5770. The van der Waals surface area contributed by atoms with Crippen LogP contribution in [0, 0.1) is 0 Å². The normalized spacial score (nSPS) is 11.0. The van der Waals surface area contributed by atoms with Crippen molar-refractivity contribution >= 4 is 107 Å². The van der Waals surface area contributed by atoms with Crippen molar-refractivity contribution in [3.8, 4) is 17.2 Å². The molecule has 147 heavy (non-hydrogen) atoms. The molecule has 12 heterocycles. The van der Waals surface area contributed by atoms with Crippen LogP contribution in [0.2, 0.25) is 0 Å². The van der Waals surface area contributed by atoms with Crippen molar-refractivity contribution in [1.82, 2.24) is 15.0 Å².